The molecule has 0 saturated heterocycles. The van der Waals surface area contributed by atoms with Crippen LogP contribution in [0, 0.1) is 0 Å². The standard InChI is InChI=1S/C21H15Cl2N5O3/c22-14-3-1-4-15(18(14)23)26-17(29)12-27-16-5-2-8-25-19(16)20(30)28(21(27)31)11-13-6-9-24-10-7-13/h1-10H,11-12H2,(H,26,29). The number of pyridine rings is 2. The van der Waals surface area contributed by atoms with Crippen LogP contribution in [0.4, 0.5) is 5.69 Å². The van der Waals surface area contributed by atoms with Gasteiger partial charge in [-0.1, -0.05) is 29.3 Å². The third-order valence-electron chi connectivity index (χ3n) is 4.60. The summed E-state index contributed by atoms with van der Waals surface area (Å²) in [5.41, 5.74) is 0.216. The van der Waals surface area contributed by atoms with E-state index >= 15 is 0 Å². The molecule has 4 rings (SSSR count). The van der Waals surface area contributed by atoms with Crippen LogP contribution in [0.15, 0.2) is 70.6 Å². The van der Waals surface area contributed by atoms with Gasteiger partial charge in [0.05, 0.1) is 27.8 Å². The first-order valence-electron chi connectivity index (χ1n) is 9.17. The van der Waals surface area contributed by atoms with Gasteiger partial charge in [0.25, 0.3) is 5.56 Å². The van der Waals surface area contributed by atoms with Crippen LogP contribution in [-0.4, -0.2) is 25.0 Å². The Balaban J connectivity index is 1.76. The Labute approximate surface area is 185 Å². The maximum Gasteiger partial charge on any atom is 0.332 e. The molecule has 0 atom stereocenters. The van der Waals surface area contributed by atoms with Gasteiger partial charge in [-0.2, -0.15) is 0 Å². The lowest BCUT2D eigenvalue weighted by Gasteiger charge is -2.14. The van der Waals surface area contributed by atoms with E-state index in [1.54, 1.807) is 54.9 Å². The fraction of sp³-hybridized carbons (Fsp3) is 0.0952. The topological polar surface area (TPSA) is 98.9 Å². The third-order valence-corrected chi connectivity index (χ3v) is 5.42. The molecule has 4 aromatic rings. The average molecular weight is 456 g/mol. The Morgan fingerprint density at radius 3 is 2.52 bits per heavy atom. The van der Waals surface area contributed by atoms with E-state index in [1.165, 1.54) is 10.8 Å². The number of fused-ring (bicyclic) bond motifs is 1. The number of halogens is 2. The Bertz CT molecular complexity index is 1400. The van der Waals surface area contributed by atoms with Crippen molar-refractivity contribution in [2.45, 2.75) is 13.1 Å². The summed E-state index contributed by atoms with van der Waals surface area (Å²) in [5.74, 6) is -0.509. The summed E-state index contributed by atoms with van der Waals surface area (Å²) in [6.45, 7) is -0.324. The van der Waals surface area contributed by atoms with Gasteiger partial charge in [0.2, 0.25) is 5.91 Å². The maximum absolute atomic E-state index is 13.2. The number of carbonyl (C=O) groups is 1. The van der Waals surface area contributed by atoms with Crippen molar-refractivity contribution in [1.82, 2.24) is 19.1 Å². The minimum Gasteiger partial charge on any atom is -0.323 e. The molecule has 31 heavy (non-hydrogen) atoms. The van der Waals surface area contributed by atoms with Gasteiger partial charge < -0.3 is 5.32 Å². The molecule has 0 bridgehead atoms. The summed E-state index contributed by atoms with van der Waals surface area (Å²) < 4.78 is 2.25. The highest BCUT2D eigenvalue weighted by molar-refractivity contribution is 6.43. The van der Waals surface area contributed by atoms with Gasteiger partial charge in [-0.15, -0.1) is 0 Å². The number of nitrogens with one attached hydrogen (secondary N) is 1. The van der Waals surface area contributed by atoms with Crippen molar-refractivity contribution in [1.29, 1.82) is 0 Å². The first kappa shape index (κ1) is 20.8. The predicted octanol–water partition coefficient (Wildman–Crippen LogP) is 2.95. The molecule has 0 aliphatic carbocycles. The zero-order chi connectivity index (χ0) is 22.0. The first-order valence-corrected chi connectivity index (χ1v) is 9.92. The summed E-state index contributed by atoms with van der Waals surface area (Å²) in [5, 5.41) is 3.13. The Morgan fingerprint density at radius 1 is 0.968 bits per heavy atom. The molecule has 0 unspecified atom stereocenters. The zero-order valence-corrected chi connectivity index (χ0v) is 17.5. The van der Waals surface area contributed by atoms with Crippen molar-refractivity contribution >= 4 is 45.8 Å². The number of nitrogens with zero attached hydrogens (tertiary/aromatic N) is 4. The summed E-state index contributed by atoms with van der Waals surface area (Å²) >= 11 is 12.1. The second-order valence-electron chi connectivity index (χ2n) is 6.64. The van der Waals surface area contributed by atoms with Gasteiger partial charge in [0.15, 0.2) is 5.52 Å². The van der Waals surface area contributed by atoms with Crippen LogP contribution in [0.3, 0.4) is 0 Å². The minimum atomic E-state index is -0.630. The van der Waals surface area contributed by atoms with Crippen LogP contribution in [0.1, 0.15) is 5.56 Å². The summed E-state index contributed by atoms with van der Waals surface area (Å²) in [7, 11) is 0. The van der Waals surface area contributed by atoms with Crippen LogP contribution in [0.5, 0.6) is 0 Å². The fourth-order valence-corrected chi connectivity index (χ4v) is 3.49. The van der Waals surface area contributed by atoms with Crippen molar-refractivity contribution in [2.75, 3.05) is 5.32 Å². The van der Waals surface area contributed by atoms with E-state index < -0.39 is 17.2 Å². The fourth-order valence-electron chi connectivity index (χ4n) is 3.14. The monoisotopic (exact) mass is 455 g/mol. The molecular weight excluding hydrogens is 441 g/mol. The minimum absolute atomic E-state index is 0.0223. The highest BCUT2D eigenvalue weighted by Gasteiger charge is 2.17. The SMILES string of the molecule is O=C(Cn1c(=O)n(Cc2ccncc2)c(=O)c2ncccc21)Nc1cccc(Cl)c1Cl. The van der Waals surface area contributed by atoms with E-state index in [4.69, 9.17) is 23.2 Å². The summed E-state index contributed by atoms with van der Waals surface area (Å²) in [6.07, 6.45) is 4.60. The lowest BCUT2D eigenvalue weighted by molar-refractivity contribution is -0.116. The molecule has 0 aliphatic heterocycles. The van der Waals surface area contributed by atoms with Crippen LogP contribution in [-0.2, 0) is 17.9 Å². The van der Waals surface area contributed by atoms with E-state index in [0.717, 1.165) is 4.57 Å². The lowest BCUT2D eigenvalue weighted by atomic mass is 10.2. The van der Waals surface area contributed by atoms with Gasteiger partial charge >= 0.3 is 5.69 Å². The van der Waals surface area contributed by atoms with E-state index in [0.29, 0.717) is 11.3 Å². The quantitative estimate of drug-likeness (QED) is 0.498. The normalized spacial score (nSPS) is 10.9. The molecular formula is C21H15Cl2N5O3. The number of hydrogen-bond donors (Lipinski definition) is 1. The average Bonchev–Trinajstić information content (AvgIpc) is 2.78. The van der Waals surface area contributed by atoms with E-state index in [2.05, 4.69) is 15.3 Å². The molecule has 0 spiro atoms. The van der Waals surface area contributed by atoms with Crippen LogP contribution < -0.4 is 16.6 Å². The Morgan fingerprint density at radius 2 is 1.74 bits per heavy atom. The lowest BCUT2D eigenvalue weighted by Crippen LogP contribution is -2.42. The molecule has 0 radical (unpaired) electrons. The molecule has 1 N–H and O–H groups in total. The number of carbonyl (C=O) groups excluding carboxylic acids is 1. The van der Waals surface area contributed by atoms with Crippen LogP contribution >= 0.6 is 23.2 Å². The van der Waals surface area contributed by atoms with Crippen molar-refractivity contribution < 1.29 is 4.79 Å². The van der Waals surface area contributed by atoms with Crippen LogP contribution in [0.2, 0.25) is 10.0 Å². The Hall–Kier alpha value is -3.49. The maximum atomic E-state index is 13.2. The highest BCUT2D eigenvalue weighted by atomic mass is 35.5. The highest BCUT2D eigenvalue weighted by Crippen LogP contribution is 2.29. The Kier molecular flexibility index (Phi) is 5.83. The molecule has 0 fully saturated rings. The number of rotatable bonds is 5. The van der Waals surface area contributed by atoms with Gasteiger partial charge in [-0.25, -0.2) is 9.78 Å². The van der Waals surface area contributed by atoms with Crippen molar-refractivity contribution in [3.8, 4) is 0 Å². The molecule has 1 amide bonds. The van der Waals surface area contributed by atoms with E-state index in [-0.39, 0.29) is 34.2 Å². The van der Waals surface area contributed by atoms with E-state index in [1.807, 2.05) is 0 Å². The molecule has 0 aliphatic rings. The van der Waals surface area contributed by atoms with Crippen molar-refractivity contribution in [2.24, 2.45) is 0 Å². The van der Waals surface area contributed by atoms with E-state index in [9.17, 15) is 14.4 Å². The molecule has 0 saturated carbocycles. The number of amides is 1. The van der Waals surface area contributed by atoms with Gasteiger partial charge in [-0.05, 0) is 42.0 Å². The summed E-state index contributed by atoms with van der Waals surface area (Å²) in [6, 6.07) is 11.4. The molecule has 156 valence electrons. The molecule has 3 heterocycles. The number of benzene rings is 1. The first-order chi connectivity index (χ1) is 15.0. The number of hydrogen-bond acceptors (Lipinski definition) is 5. The zero-order valence-electron chi connectivity index (χ0n) is 16.0. The second kappa shape index (κ2) is 8.71. The second-order valence-corrected chi connectivity index (χ2v) is 7.42. The number of aromatic nitrogens is 4. The predicted molar refractivity (Wildman–Crippen MR) is 119 cm³/mol. The molecule has 10 heteroatoms. The van der Waals surface area contributed by atoms with Gasteiger partial charge in [0.1, 0.15) is 6.54 Å². The van der Waals surface area contributed by atoms with Crippen molar-refractivity contribution in [3.05, 3.63) is 97.5 Å². The molecule has 3 aromatic heterocycles. The van der Waals surface area contributed by atoms with Crippen molar-refractivity contribution in [3.63, 3.8) is 0 Å². The van der Waals surface area contributed by atoms with Crippen LogP contribution in [0.25, 0.3) is 11.0 Å². The van der Waals surface area contributed by atoms with Gasteiger partial charge in [0, 0.05) is 18.6 Å². The number of anilines is 1. The molecule has 1 aromatic carbocycles. The third kappa shape index (κ3) is 4.21. The van der Waals surface area contributed by atoms with Gasteiger partial charge in [-0.3, -0.25) is 23.7 Å². The summed E-state index contributed by atoms with van der Waals surface area (Å²) in [4.78, 5) is 46.8. The smallest absolute Gasteiger partial charge is 0.323 e. The largest absolute Gasteiger partial charge is 0.332 e. The molecule has 8 nitrogen and oxygen atoms in total.